The Morgan fingerprint density at radius 3 is 2.52 bits per heavy atom. The van der Waals surface area contributed by atoms with Gasteiger partial charge in [0, 0.05) is 0 Å². The number of rotatable bonds is 5. The number of methoxy groups -OCH3 is 1. The van der Waals surface area contributed by atoms with E-state index in [0.717, 1.165) is 19.6 Å². The molecule has 136 valence electrons. The van der Waals surface area contributed by atoms with E-state index in [1.165, 1.54) is 0 Å². The lowest BCUT2D eigenvalue weighted by molar-refractivity contribution is -0.155. The molecule has 1 fully saturated rings. The number of hydrogen-bond donors (Lipinski definition) is 1. The molecule has 0 saturated carbocycles. The minimum Gasteiger partial charge on any atom is -0.452 e. The third kappa shape index (κ3) is 4.60. The minimum absolute atomic E-state index is 0.0489. The SMILES string of the molecule is COC(=O)OC[C@H]1OC(=O)[C@@](C)(O)[C@@H]1OC(=O)OCc1ccccc1. The van der Waals surface area contributed by atoms with E-state index in [0.29, 0.717) is 0 Å². The second-order valence-corrected chi connectivity index (χ2v) is 5.42. The molecule has 0 aliphatic carbocycles. The van der Waals surface area contributed by atoms with Crippen molar-refractivity contribution in [1.29, 1.82) is 0 Å². The highest BCUT2D eigenvalue weighted by molar-refractivity contribution is 5.83. The first-order chi connectivity index (χ1) is 11.8. The Balaban J connectivity index is 1.96. The van der Waals surface area contributed by atoms with Crippen LogP contribution in [0.5, 0.6) is 0 Å². The molecule has 1 aliphatic heterocycles. The van der Waals surface area contributed by atoms with Crippen molar-refractivity contribution in [2.45, 2.75) is 31.3 Å². The second kappa shape index (κ2) is 7.84. The van der Waals surface area contributed by atoms with Crippen LogP contribution in [0, 0.1) is 0 Å². The van der Waals surface area contributed by atoms with Gasteiger partial charge in [-0.25, -0.2) is 14.4 Å². The summed E-state index contributed by atoms with van der Waals surface area (Å²) >= 11 is 0. The van der Waals surface area contributed by atoms with Crippen LogP contribution in [0.2, 0.25) is 0 Å². The molecule has 1 aromatic rings. The highest BCUT2D eigenvalue weighted by Crippen LogP contribution is 2.29. The number of aliphatic hydroxyl groups is 1. The lowest BCUT2D eigenvalue weighted by Gasteiger charge is -2.23. The van der Waals surface area contributed by atoms with Gasteiger partial charge in [-0.1, -0.05) is 30.3 Å². The number of carbonyl (C=O) groups excluding carboxylic acids is 3. The van der Waals surface area contributed by atoms with E-state index in [2.05, 4.69) is 9.47 Å². The fraction of sp³-hybridized carbons (Fsp3) is 0.438. The monoisotopic (exact) mass is 354 g/mol. The van der Waals surface area contributed by atoms with Crippen molar-refractivity contribution in [2.24, 2.45) is 0 Å². The zero-order valence-electron chi connectivity index (χ0n) is 13.7. The molecule has 0 aromatic heterocycles. The predicted molar refractivity (Wildman–Crippen MR) is 80.4 cm³/mol. The summed E-state index contributed by atoms with van der Waals surface area (Å²) in [7, 11) is 1.11. The Hall–Kier alpha value is -2.81. The molecule has 0 unspecified atom stereocenters. The molecule has 2 rings (SSSR count). The van der Waals surface area contributed by atoms with Gasteiger partial charge in [0.05, 0.1) is 7.11 Å². The Kier molecular flexibility index (Phi) is 5.81. The van der Waals surface area contributed by atoms with Crippen LogP contribution in [0.3, 0.4) is 0 Å². The number of cyclic esters (lactones) is 1. The van der Waals surface area contributed by atoms with E-state index in [9.17, 15) is 19.5 Å². The minimum atomic E-state index is -2.10. The van der Waals surface area contributed by atoms with Crippen LogP contribution in [0.15, 0.2) is 30.3 Å². The van der Waals surface area contributed by atoms with Gasteiger partial charge in [-0.3, -0.25) is 0 Å². The molecule has 25 heavy (non-hydrogen) atoms. The molecule has 1 aromatic carbocycles. The molecule has 3 atom stereocenters. The molecular formula is C16H18O9. The molecule has 1 N–H and O–H groups in total. The van der Waals surface area contributed by atoms with Crippen molar-refractivity contribution in [1.82, 2.24) is 0 Å². The molecule has 1 heterocycles. The number of esters is 1. The third-order valence-corrected chi connectivity index (χ3v) is 3.52. The first kappa shape index (κ1) is 18.5. The van der Waals surface area contributed by atoms with E-state index in [4.69, 9.17) is 14.2 Å². The summed E-state index contributed by atoms with van der Waals surface area (Å²) < 4.78 is 23.8. The molecule has 0 amide bonds. The maximum Gasteiger partial charge on any atom is 0.509 e. The van der Waals surface area contributed by atoms with Gasteiger partial charge >= 0.3 is 18.3 Å². The lowest BCUT2D eigenvalue weighted by Crippen LogP contribution is -2.47. The van der Waals surface area contributed by atoms with Gasteiger partial charge in [-0.05, 0) is 12.5 Å². The molecule has 1 saturated heterocycles. The van der Waals surface area contributed by atoms with Gasteiger partial charge in [0.15, 0.2) is 17.8 Å². The van der Waals surface area contributed by atoms with Gasteiger partial charge < -0.3 is 28.8 Å². The summed E-state index contributed by atoms with van der Waals surface area (Å²) in [5.41, 5.74) is -1.37. The van der Waals surface area contributed by atoms with Crippen molar-refractivity contribution in [3.63, 3.8) is 0 Å². The average molecular weight is 354 g/mol. The van der Waals surface area contributed by atoms with Crippen LogP contribution in [0.1, 0.15) is 12.5 Å². The van der Waals surface area contributed by atoms with Crippen molar-refractivity contribution < 1.29 is 43.2 Å². The summed E-state index contributed by atoms with van der Waals surface area (Å²) in [6.45, 7) is 0.625. The highest BCUT2D eigenvalue weighted by Gasteiger charge is 2.56. The highest BCUT2D eigenvalue weighted by atomic mass is 16.8. The quantitative estimate of drug-likeness (QED) is 0.614. The van der Waals surface area contributed by atoms with Crippen molar-refractivity contribution >= 4 is 18.3 Å². The van der Waals surface area contributed by atoms with Crippen molar-refractivity contribution in [3.05, 3.63) is 35.9 Å². The summed E-state index contributed by atoms with van der Waals surface area (Å²) in [6, 6.07) is 8.86. The van der Waals surface area contributed by atoms with Crippen LogP contribution >= 0.6 is 0 Å². The van der Waals surface area contributed by atoms with Crippen LogP contribution in [-0.2, 0) is 35.1 Å². The Morgan fingerprint density at radius 1 is 1.20 bits per heavy atom. The number of benzene rings is 1. The number of ether oxygens (including phenoxy) is 5. The first-order valence-corrected chi connectivity index (χ1v) is 7.36. The van der Waals surface area contributed by atoms with Gasteiger partial charge in [0.1, 0.15) is 13.2 Å². The topological polar surface area (TPSA) is 118 Å². The van der Waals surface area contributed by atoms with Crippen molar-refractivity contribution in [3.8, 4) is 0 Å². The molecular weight excluding hydrogens is 336 g/mol. The van der Waals surface area contributed by atoms with Crippen LogP contribution in [-0.4, -0.2) is 54.9 Å². The van der Waals surface area contributed by atoms with Crippen molar-refractivity contribution in [2.75, 3.05) is 13.7 Å². The molecule has 0 radical (unpaired) electrons. The van der Waals surface area contributed by atoms with E-state index in [-0.39, 0.29) is 6.61 Å². The predicted octanol–water partition coefficient (Wildman–Crippen LogP) is 1.17. The summed E-state index contributed by atoms with van der Waals surface area (Å²) in [5.74, 6) is -1.01. The Morgan fingerprint density at radius 2 is 1.88 bits per heavy atom. The van der Waals surface area contributed by atoms with Gasteiger partial charge in [0.2, 0.25) is 0 Å². The lowest BCUT2D eigenvalue weighted by atomic mass is 9.98. The molecule has 0 spiro atoms. The maximum absolute atomic E-state index is 11.9. The maximum atomic E-state index is 11.9. The van der Waals surface area contributed by atoms with Crippen LogP contribution in [0.25, 0.3) is 0 Å². The fourth-order valence-electron chi connectivity index (χ4n) is 2.17. The average Bonchev–Trinajstić information content (AvgIpc) is 2.81. The Bertz CT molecular complexity index is 626. The number of hydrogen-bond acceptors (Lipinski definition) is 9. The van der Waals surface area contributed by atoms with E-state index in [1.54, 1.807) is 24.3 Å². The van der Waals surface area contributed by atoms with Gasteiger partial charge in [-0.2, -0.15) is 0 Å². The number of carbonyl (C=O) groups is 3. The van der Waals surface area contributed by atoms with E-state index >= 15 is 0 Å². The summed E-state index contributed by atoms with van der Waals surface area (Å²) in [4.78, 5) is 34.6. The third-order valence-electron chi connectivity index (χ3n) is 3.52. The standard InChI is InChI=1S/C16H18O9/c1-16(20)12(11(24-13(16)17)9-23-14(18)21-2)25-15(19)22-8-10-6-4-3-5-7-10/h3-7,11-12,20H,8-9H2,1-2H3/t11-,12-,16+/m1/s1. The second-order valence-electron chi connectivity index (χ2n) is 5.42. The van der Waals surface area contributed by atoms with Crippen LogP contribution < -0.4 is 0 Å². The fourth-order valence-corrected chi connectivity index (χ4v) is 2.17. The normalized spacial score (nSPS) is 25.0. The van der Waals surface area contributed by atoms with Gasteiger partial charge in [0.25, 0.3) is 0 Å². The van der Waals surface area contributed by atoms with E-state index < -0.39 is 42.7 Å². The molecule has 9 nitrogen and oxygen atoms in total. The molecule has 0 bridgehead atoms. The Labute approximate surface area is 143 Å². The summed E-state index contributed by atoms with van der Waals surface area (Å²) in [5, 5.41) is 10.2. The van der Waals surface area contributed by atoms with Gasteiger partial charge in [-0.15, -0.1) is 0 Å². The summed E-state index contributed by atoms with van der Waals surface area (Å²) in [6.07, 6.45) is -4.71. The molecule has 9 heteroatoms. The van der Waals surface area contributed by atoms with Crippen LogP contribution in [0.4, 0.5) is 9.59 Å². The zero-order valence-corrected chi connectivity index (χ0v) is 13.7. The zero-order chi connectivity index (χ0) is 18.4. The first-order valence-electron chi connectivity index (χ1n) is 7.36. The van der Waals surface area contributed by atoms with E-state index in [1.807, 2.05) is 6.07 Å². The largest absolute Gasteiger partial charge is 0.509 e. The smallest absolute Gasteiger partial charge is 0.452 e. The molecule has 1 aliphatic rings.